The van der Waals surface area contributed by atoms with Gasteiger partial charge in [-0.2, -0.15) is 0 Å². The minimum absolute atomic E-state index is 0.111. The summed E-state index contributed by atoms with van der Waals surface area (Å²) in [7, 11) is 0. The number of carbonyl (C=O) groups excluding carboxylic acids is 3. The third-order valence-corrected chi connectivity index (χ3v) is 7.73. The van der Waals surface area contributed by atoms with E-state index in [-0.39, 0.29) is 30.1 Å². The molecule has 2 fully saturated rings. The number of imide groups is 1. The van der Waals surface area contributed by atoms with Crippen molar-refractivity contribution in [2.24, 2.45) is 0 Å². The fourth-order valence-corrected chi connectivity index (χ4v) is 5.71. The molecule has 3 amide bonds. The van der Waals surface area contributed by atoms with Crippen LogP contribution in [0.1, 0.15) is 36.5 Å². The molecule has 0 spiro atoms. The first-order valence-corrected chi connectivity index (χ1v) is 13.0. The first-order valence-electron chi connectivity index (χ1n) is 11.8. The zero-order valence-electron chi connectivity index (χ0n) is 19.5. The number of para-hydroxylation sites is 1. The van der Waals surface area contributed by atoms with E-state index in [1.165, 1.54) is 4.90 Å². The van der Waals surface area contributed by atoms with Gasteiger partial charge in [-0.1, -0.05) is 48.9 Å². The molecule has 0 saturated carbocycles. The first-order chi connectivity index (χ1) is 16.9. The number of likely N-dealkylation sites (tertiary alicyclic amines) is 1. The number of aromatic nitrogens is 1. The third-order valence-electron chi connectivity index (χ3n) is 6.57. The van der Waals surface area contributed by atoms with E-state index in [0.29, 0.717) is 9.93 Å². The topological polar surface area (TPSA) is 62.6 Å². The van der Waals surface area contributed by atoms with Crippen molar-refractivity contribution < 1.29 is 14.4 Å². The molecule has 6 nitrogen and oxygen atoms in total. The molecular weight excluding hydrogens is 482 g/mol. The molecule has 8 heteroatoms. The molecule has 1 aromatic heterocycles. The van der Waals surface area contributed by atoms with Crippen molar-refractivity contribution in [3.8, 4) is 0 Å². The van der Waals surface area contributed by atoms with Crippen LogP contribution in [0.5, 0.6) is 0 Å². The lowest BCUT2D eigenvalue weighted by Crippen LogP contribution is -2.30. The SMILES string of the molecule is CCc1cccc2c(/C=C3\SC(=O)N(Cc4ccc(Cl)cc4)C3=O)cn(CC(=O)N3CCCC3)c12. The van der Waals surface area contributed by atoms with Crippen LogP contribution in [-0.4, -0.2) is 44.5 Å². The molecule has 180 valence electrons. The zero-order chi connectivity index (χ0) is 24.5. The minimum atomic E-state index is -0.310. The van der Waals surface area contributed by atoms with Crippen LogP contribution in [0.25, 0.3) is 17.0 Å². The molecule has 3 aromatic rings. The van der Waals surface area contributed by atoms with Crippen molar-refractivity contribution in [3.63, 3.8) is 0 Å². The number of rotatable bonds is 6. The van der Waals surface area contributed by atoms with Crippen molar-refractivity contribution in [2.75, 3.05) is 13.1 Å². The Kier molecular flexibility index (Phi) is 6.71. The summed E-state index contributed by atoms with van der Waals surface area (Å²) in [5.74, 6) is -0.198. The minimum Gasteiger partial charge on any atom is -0.341 e. The van der Waals surface area contributed by atoms with E-state index >= 15 is 0 Å². The first kappa shape index (κ1) is 23.7. The summed E-state index contributed by atoms with van der Waals surface area (Å²) in [6.07, 6.45) is 6.65. The lowest BCUT2D eigenvalue weighted by molar-refractivity contribution is -0.130. The predicted octanol–water partition coefficient (Wildman–Crippen LogP) is 5.72. The van der Waals surface area contributed by atoms with E-state index < -0.39 is 0 Å². The van der Waals surface area contributed by atoms with Crippen molar-refractivity contribution >= 4 is 57.4 Å². The van der Waals surface area contributed by atoms with Crippen LogP contribution in [-0.2, 0) is 29.1 Å². The van der Waals surface area contributed by atoms with E-state index in [4.69, 9.17) is 11.6 Å². The van der Waals surface area contributed by atoms with Crippen LogP contribution in [0.2, 0.25) is 5.02 Å². The van der Waals surface area contributed by atoms with Crippen molar-refractivity contribution in [1.82, 2.24) is 14.4 Å². The Bertz CT molecular complexity index is 1340. The van der Waals surface area contributed by atoms with Gasteiger partial charge in [0, 0.05) is 35.3 Å². The second-order valence-electron chi connectivity index (χ2n) is 8.86. The van der Waals surface area contributed by atoms with Crippen molar-refractivity contribution in [2.45, 2.75) is 39.3 Å². The molecule has 2 aliphatic heterocycles. The molecular formula is C27H26ClN3O3S. The summed E-state index contributed by atoms with van der Waals surface area (Å²) in [6, 6.07) is 13.2. The maximum Gasteiger partial charge on any atom is 0.293 e. The van der Waals surface area contributed by atoms with Crippen LogP contribution in [0.3, 0.4) is 0 Å². The monoisotopic (exact) mass is 507 g/mol. The summed E-state index contributed by atoms with van der Waals surface area (Å²) in [5, 5.41) is 1.29. The Labute approximate surface area is 213 Å². The number of thioether (sulfide) groups is 1. The van der Waals surface area contributed by atoms with Gasteiger partial charge in [0.1, 0.15) is 6.54 Å². The second kappa shape index (κ2) is 9.91. The Morgan fingerprint density at radius 1 is 1.09 bits per heavy atom. The second-order valence-corrected chi connectivity index (χ2v) is 10.3. The molecule has 0 N–H and O–H groups in total. The highest BCUT2D eigenvalue weighted by atomic mass is 35.5. The van der Waals surface area contributed by atoms with Gasteiger partial charge in [0.05, 0.1) is 17.0 Å². The van der Waals surface area contributed by atoms with Crippen LogP contribution < -0.4 is 0 Å². The molecule has 5 rings (SSSR count). The summed E-state index contributed by atoms with van der Waals surface area (Å²) in [5.41, 5.74) is 3.82. The molecule has 0 bridgehead atoms. The molecule has 2 aliphatic rings. The van der Waals surface area contributed by atoms with Gasteiger partial charge in [-0.3, -0.25) is 19.3 Å². The number of nitrogens with zero attached hydrogens (tertiary/aromatic N) is 3. The van der Waals surface area contributed by atoms with E-state index in [2.05, 4.69) is 13.0 Å². The maximum atomic E-state index is 13.1. The highest BCUT2D eigenvalue weighted by Gasteiger charge is 2.35. The number of halogens is 1. The molecule has 2 saturated heterocycles. The number of aryl methyl sites for hydroxylation is 1. The van der Waals surface area contributed by atoms with Crippen LogP contribution >= 0.6 is 23.4 Å². The molecule has 0 radical (unpaired) electrons. The number of amides is 3. The van der Waals surface area contributed by atoms with Crippen molar-refractivity contribution in [1.29, 1.82) is 0 Å². The summed E-state index contributed by atoms with van der Waals surface area (Å²) >= 11 is 6.90. The van der Waals surface area contributed by atoms with Gasteiger partial charge in [0.25, 0.3) is 11.1 Å². The fraction of sp³-hybridized carbons (Fsp3) is 0.296. The van der Waals surface area contributed by atoms with Gasteiger partial charge in [0.15, 0.2) is 0 Å². The predicted molar refractivity (Wildman–Crippen MR) is 140 cm³/mol. The van der Waals surface area contributed by atoms with Crippen molar-refractivity contribution in [3.05, 3.63) is 75.3 Å². The average molecular weight is 508 g/mol. The molecule has 0 aliphatic carbocycles. The van der Waals surface area contributed by atoms with Gasteiger partial charge in [-0.05, 0) is 60.4 Å². The molecule has 3 heterocycles. The van der Waals surface area contributed by atoms with Gasteiger partial charge >= 0.3 is 0 Å². The van der Waals surface area contributed by atoms with Gasteiger partial charge in [0.2, 0.25) is 5.91 Å². The molecule has 0 unspecified atom stereocenters. The Morgan fingerprint density at radius 2 is 1.83 bits per heavy atom. The van der Waals surface area contributed by atoms with Crippen LogP contribution in [0.15, 0.2) is 53.6 Å². The largest absolute Gasteiger partial charge is 0.341 e. The van der Waals surface area contributed by atoms with Gasteiger partial charge < -0.3 is 9.47 Å². The Morgan fingerprint density at radius 3 is 2.54 bits per heavy atom. The number of hydrogen-bond donors (Lipinski definition) is 0. The quantitative estimate of drug-likeness (QED) is 0.400. The lowest BCUT2D eigenvalue weighted by atomic mass is 10.1. The van der Waals surface area contributed by atoms with E-state index in [0.717, 1.165) is 71.7 Å². The van der Waals surface area contributed by atoms with Crippen LogP contribution in [0, 0.1) is 0 Å². The van der Waals surface area contributed by atoms with E-state index in [1.807, 2.05) is 39.9 Å². The Hall–Kier alpha value is -3.03. The number of benzene rings is 2. The van der Waals surface area contributed by atoms with E-state index in [1.54, 1.807) is 18.2 Å². The summed E-state index contributed by atoms with van der Waals surface area (Å²) < 4.78 is 2.00. The van der Waals surface area contributed by atoms with E-state index in [9.17, 15) is 14.4 Å². The maximum absolute atomic E-state index is 13.1. The fourth-order valence-electron chi connectivity index (χ4n) is 4.75. The van der Waals surface area contributed by atoms with Crippen LogP contribution in [0.4, 0.5) is 4.79 Å². The lowest BCUT2D eigenvalue weighted by Gasteiger charge is -2.16. The average Bonchev–Trinajstić information content (AvgIpc) is 3.57. The number of fused-ring (bicyclic) bond motifs is 1. The normalized spacial score (nSPS) is 17.4. The summed E-state index contributed by atoms with van der Waals surface area (Å²) in [6.45, 7) is 4.18. The number of carbonyl (C=O) groups is 3. The molecule has 35 heavy (non-hydrogen) atoms. The summed E-state index contributed by atoms with van der Waals surface area (Å²) in [4.78, 5) is 42.3. The highest BCUT2D eigenvalue weighted by Crippen LogP contribution is 2.36. The van der Waals surface area contributed by atoms with Gasteiger partial charge in [-0.25, -0.2) is 0 Å². The Balaban J connectivity index is 1.46. The smallest absolute Gasteiger partial charge is 0.293 e. The number of hydrogen-bond acceptors (Lipinski definition) is 4. The zero-order valence-corrected chi connectivity index (χ0v) is 21.1. The highest BCUT2D eigenvalue weighted by molar-refractivity contribution is 8.18. The molecule has 2 aromatic carbocycles. The third kappa shape index (κ3) is 4.75. The molecule has 0 atom stereocenters. The van der Waals surface area contributed by atoms with Gasteiger partial charge in [-0.15, -0.1) is 0 Å². The standard InChI is InChI=1S/C27H26ClN3O3S/c1-2-19-6-5-7-22-20(16-30(25(19)22)17-24(32)29-12-3-4-13-29)14-23-26(33)31(27(34)35-23)15-18-8-10-21(28)11-9-18/h5-11,14,16H,2-4,12-13,15,17H2,1H3/b23-14-.